The van der Waals surface area contributed by atoms with Crippen molar-refractivity contribution in [1.29, 1.82) is 0 Å². The molecule has 1 fully saturated rings. The number of nitrogens with one attached hydrogen (secondary N) is 2. The van der Waals surface area contributed by atoms with Crippen molar-refractivity contribution < 1.29 is 0 Å². The Morgan fingerprint density at radius 2 is 2.41 bits per heavy atom. The summed E-state index contributed by atoms with van der Waals surface area (Å²) >= 11 is 5.19. The molecule has 0 aliphatic heterocycles. The highest BCUT2D eigenvalue weighted by molar-refractivity contribution is 9.10. The normalized spacial score (nSPS) is 24.6. The van der Waals surface area contributed by atoms with Crippen LogP contribution in [0.3, 0.4) is 0 Å². The summed E-state index contributed by atoms with van der Waals surface area (Å²) in [5.74, 6) is 0.653. The Hall–Kier alpha value is -0.490. The van der Waals surface area contributed by atoms with Crippen molar-refractivity contribution in [1.82, 2.24) is 9.97 Å². The minimum Gasteiger partial charge on any atom is -0.366 e. The van der Waals surface area contributed by atoms with E-state index in [-0.39, 0.29) is 5.56 Å². The number of aromatic nitrogens is 2. The van der Waals surface area contributed by atoms with E-state index in [0.717, 1.165) is 18.1 Å². The van der Waals surface area contributed by atoms with Crippen molar-refractivity contribution in [3.63, 3.8) is 0 Å². The first-order valence-corrected chi connectivity index (χ1v) is 7.81. The first-order chi connectivity index (χ1) is 8.20. The number of thioether (sulfide) groups is 1. The molecule has 1 saturated carbocycles. The largest absolute Gasteiger partial charge is 0.366 e. The minimum absolute atomic E-state index is 0.139. The van der Waals surface area contributed by atoms with Gasteiger partial charge in [-0.2, -0.15) is 11.8 Å². The lowest BCUT2D eigenvalue weighted by atomic mass is 9.95. The van der Waals surface area contributed by atoms with Crippen LogP contribution in [0.1, 0.15) is 25.7 Å². The van der Waals surface area contributed by atoms with Gasteiger partial charge in [-0.05, 0) is 41.4 Å². The Morgan fingerprint density at radius 3 is 3.18 bits per heavy atom. The molecule has 2 rings (SSSR count). The Kier molecular flexibility index (Phi) is 4.50. The van der Waals surface area contributed by atoms with Crippen molar-refractivity contribution in [2.75, 3.05) is 11.6 Å². The monoisotopic (exact) mass is 317 g/mol. The second kappa shape index (κ2) is 5.91. The first kappa shape index (κ1) is 13.0. The lowest BCUT2D eigenvalue weighted by molar-refractivity contribution is 0.472. The number of hydrogen-bond acceptors (Lipinski definition) is 4. The number of aromatic amines is 1. The molecule has 2 unspecified atom stereocenters. The summed E-state index contributed by atoms with van der Waals surface area (Å²) < 4.78 is 0.492. The van der Waals surface area contributed by atoms with Gasteiger partial charge in [0.1, 0.15) is 10.3 Å². The molecule has 0 aromatic carbocycles. The molecule has 1 aliphatic rings. The van der Waals surface area contributed by atoms with Crippen molar-refractivity contribution in [3.05, 3.63) is 21.2 Å². The van der Waals surface area contributed by atoms with Crippen LogP contribution in [0.25, 0.3) is 0 Å². The van der Waals surface area contributed by atoms with E-state index < -0.39 is 0 Å². The average Bonchev–Trinajstić information content (AvgIpc) is 2.35. The van der Waals surface area contributed by atoms with Gasteiger partial charge in [0, 0.05) is 11.3 Å². The van der Waals surface area contributed by atoms with Crippen molar-refractivity contribution in [3.8, 4) is 0 Å². The van der Waals surface area contributed by atoms with Crippen LogP contribution in [-0.4, -0.2) is 27.5 Å². The molecular formula is C11H16BrN3OS. The zero-order chi connectivity index (χ0) is 12.3. The molecule has 0 bridgehead atoms. The molecule has 0 radical (unpaired) electrons. The highest BCUT2D eigenvalue weighted by Gasteiger charge is 2.22. The molecule has 4 nitrogen and oxygen atoms in total. The highest BCUT2D eigenvalue weighted by atomic mass is 79.9. The predicted molar refractivity (Wildman–Crippen MR) is 75.7 cm³/mol. The first-order valence-electron chi connectivity index (χ1n) is 5.73. The Labute approximate surface area is 113 Å². The molecule has 0 saturated heterocycles. The van der Waals surface area contributed by atoms with Gasteiger partial charge in [0.25, 0.3) is 5.56 Å². The third-order valence-corrected chi connectivity index (χ3v) is 4.93. The molecular weight excluding hydrogens is 302 g/mol. The number of halogens is 1. The molecule has 6 heteroatoms. The van der Waals surface area contributed by atoms with E-state index in [1.165, 1.54) is 19.2 Å². The summed E-state index contributed by atoms with van der Waals surface area (Å²) in [5, 5.41) is 4.09. The lowest BCUT2D eigenvalue weighted by Crippen LogP contribution is -2.29. The van der Waals surface area contributed by atoms with Gasteiger partial charge in [0.05, 0.1) is 6.33 Å². The zero-order valence-electron chi connectivity index (χ0n) is 9.70. The van der Waals surface area contributed by atoms with Crippen LogP contribution in [0.2, 0.25) is 0 Å². The fourth-order valence-corrected chi connectivity index (χ4v) is 3.33. The summed E-state index contributed by atoms with van der Waals surface area (Å²) in [6.07, 6.45) is 8.42. The molecule has 17 heavy (non-hydrogen) atoms. The Balaban J connectivity index is 2.05. The molecule has 2 N–H and O–H groups in total. The lowest BCUT2D eigenvalue weighted by Gasteiger charge is -2.29. The number of rotatable bonds is 3. The Morgan fingerprint density at radius 1 is 1.59 bits per heavy atom. The van der Waals surface area contributed by atoms with E-state index in [1.54, 1.807) is 0 Å². The number of anilines is 1. The van der Waals surface area contributed by atoms with Crippen LogP contribution in [0, 0.1) is 0 Å². The molecule has 94 valence electrons. The van der Waals surface area contributed by atoms with Crippen LogP contribution in [0.4, 0.5) is 5.82 Å². The molecule has 0 amide bonds. The molecule has 1 heterocycles. The standard InChI is InChI=1S/C11H16BrN3OS/c1-17-8-4-2-3-7(5-8)15-10-9(12)11(16)14-6-13-10/h6-8H,2-5H2,1H3,(H2,13,14,15,16). The van der Waals surface area contributed by atoms with E-state index in [0.29, 0.717) is 16.3 Å². The van der Waals surface area contributed by atoms with Gasteiger partial charge in [-0.25, -0.2) is 4.98 Å². The second-order valence-electron chi connectivity index (χ2n) is 4.26. The van der Waals surface area contributed by atoms with Crippen molar-refractivity contribution in [2.45, 2.75) is 37.0 Å². The second-order valence-corrected chi connectivity index (χ2v) is 6.19. The van der Waals surface area contributed by atoms with Gasteiger partial charge >= 0.3 is 0 Å². The highest BCUT2D eigenvalue weighted by Crippen LogP contribution is 2.29. The van der Waals surface area contributed by atoms with E-state index in [4.69, 9.17) is 0 Å². The molecule has 1 aromatic heterocycles. The SMILES string of the molecule is CSC1CCCC(Nc2nc[nH]c(=O)c2Br)C1. The summed E-state index contributed by atoms with van der Waals surface area (Å²) in [6.45, 7) is 0. The van der Waals surface area contributed by atoms with E-state index in [9.17, 15) is 4.79 Å². The van der Waals surface area contributed by atoms with Crippen molar-refractivity contribution >= 4 is 33.5 Å². The fourth-order valence-electron chi connectivity index (χ4n) is 2.17. The maximum Gasteiger partial charge on any atom is 0.267 e. The van der Waals surface area contributed by atoms with Crippen LogP contribution < -0.4 is 10.9 Å². The summed E-state index contributed by atoms with van der Waals surface area (Å²) in [7, 11) is 0. The van der Waals surface area contributed by atoms with Crippen LogP contribution in [0.5, 0.6) is 0 Å². The van der Waals surface area contributed by atoms with E-state index in [1.807, 2.05) is 11.8 Å². The maximum absolute atomic E-state index is 11.4. The summed E-state index contributed by atoms with van der Waals surface area (Å²) in [6, 6.07) is 0.423. The number of hydrogen-bond donors (Lipinski definition) is 2. The zero-order valence-corrected chi connectivity index (χ0v) is 12.1. The van der Waals surface area contributed by atoms with Gasteiger partial charge in [0.15, 0.2) is 0 Å². The Bertz CT molecular complexity index is 437. The minimum atomic E-state index is -0.139. The quantitative estimate of drug-likeness (QED) is 0.899. The van der Waals surface area contributed by atoms with Gasteiger partial charge in [-0.3, -0.25) is 4.79 Å². The third kappa shape index (κ3) is 3.25. The fraction of sp³-hybridized carbons (Fsp3) is 0.636. The number of H-pyrrole nitrogens is 1. The van der Waals surface area contributed by atoms with Gasteiger partial charge < -0.3 is 10.3 Å². The van der Waals surface area contributed by atoms with E-state index in [2.05, 4.69) is 37.5 Å². The van der Waals surface area contributed by atoms with Gasteiger partial charge in [-0.15, -0.1) is 0 Å². The summed E-state index contributed by atoms with van der Waals surface area (Å²) in [5.41, 5.74) is -0.139. The van der Waals surface area contributed by atoms with E-state index >= 15 is 0 Å². The van der Waals surface area contributed by atoms with Crippen LogP contribution in [-0.2, 0) is 0 Å². The van der Waals surface area contributed by atoms with Gasteiger partial charge in [0.2, 0.25) is 0 Å². The smallest absolute Gasteiger partial charge is 0.267 e. The number of nitrogens with zero attached hydrogens (tertiary/aromatic N) is 1. The summed E-state index contributed by atoms with van der Waals surface area (Å²) in [4.78, 5) is 18.1. The van der Waals surface area contributed by atoms with Crippen LogP contribution in [0.15, 0.2) is 15.6 Å². The molecule has 2 atom stereocenters. The van der Waals surface area contributed by atoms with Crippen molar-refractivity contribution in [2.24, 2.45) is 0 Å². The topological polar surface area (TPSA) is 57.8 Å². The molecule has 1 aromatic rings. The molecule has 1 aliphatic carbocycles. The average molecular weight is 318 g/mol. The third-order valence-electron chi connectivity index (χ3n) is 3.10. The molecule has 0 spiro atoms. The van der Waals surface area contributed by atoms with Crippen LogP contribution >= 0.6 is 27.7 Å². The van der Waals surface area contributed by atoms with Gasteiger partial charge in [-0.1, -0.05) is 6.42 Å². The predicted octanol–water partition coefficient (Wildman–Crippen LogP) is 2.62. The maximum atomic E-state index is 11.4.